The van der Waals surface area contributed by atoms with Crippen molar-refractivity contribution >= 4 is 58.7 Å². The van der Waals surface area contributed by atoms with Crippen molar-refractivity contribution in [3.63, 3.8) is 0 Å². The minimum atomic E-state index is -1.73. The SMILES string of the molecule is CC[C@H](C)[C@H](NC(=O)[C@H](Cc1cc([N+](=O)[O-])c(O)c([N+](=O)[O-])c1)NC(=O)[C@H](CCCN=C(N)N)NC(=O)CNC(=O)[C@@H](NC(=O)[C@H](CC(C)C)NC(=O)[C@@H](N)CO)[C@@H](C)CC)C(N)=O. The summed E-state index contributed by atoms with van der Waals surface area (Å²) in [6.45, 7) is 8.88. The molecule has 0 fully saturated rings. The van der Waals surface area contributed by atoms with Crippen LogP contribution < -0.4 is 54.8 Å². The van der Waals surface area contributed by atoms with E-state index >= 15 is 0 Å². The van der Waals surface area contributed by atoms with Gasteiger partial charge in [-0.25, -0.2) is 0 Å². The molecular weight excluding hydrogens is 846 g/mol. The lowest BCUT2D eigenvalue weighted by Crippen LogP contribution is -2.59. The molecule has 0 aliphatic rings. The standard InChI is InChI=1S/C38H63N13O13/c1-7-19(5)29(32(40)55)48-36(59)25(13-21-14-26(50(61)62)31(54)27(15-21)51(63)64)47-34(57)23(10-9-11-43-38(41)42)45-28(53)16-44-37(60)30(20(6)8-2)49-35(58)24(12-18(3)4)46-33(56)22(39)17-52/h14-15,18-20,22-25,29-30,52,54H,7-13,16-17,39H2,1-6H3,(H2,40,55)(H,44,60)(H,45,53)(H,46,56)(H,47,57)(H,48,59)(H,49,58)(H4,41,42,43)/t19-,20-,22-,23-,24-,25-,29-,30-/m0/s1. The molecule has 7 amide bonds. The zero-order valence-electron chi connectivity index (χ0n) is 36.8. The molecular formula is C38H63N13O13. The average molecular weight is 910 g/mol. The number of nitrogens with two attached hydrogens (primary N) is 4. The Morgan fingerprint density at radius 1 is 0.734 bits per heavy atom. The predicted octanol–water partition coefficient (Wildman–Crippen LogP) is -2.71. The molecule has 0 unspecified atom stereocenters. The van der Waals surface area contributed by atoms with Crippen molar-refractivity contribution in [2.24, 2.45) is 45.7 Å². The van der Waals surface area contributed by atoms with Crippen LogP contribution in [0.1, 0.15) is 79.2 Å². The molecule has 1 aromatic rings. The summed E-state index contributed by atoms with van der Waals surface area (Å²) in [5.41, 5.74) is 19.6. The van der Waals surface area contributed by atoms with Crippen LogP contribution in [0.3, 0.4) is 0 Å². The van der Waals surface area contributed by atoms with Crippen molar-refractivity contribution in [1.82, 2.24) is 31.9 Å². The van der Waals surface area contributed by atoms with Crippen LogP contribution in [-0.4, -0.2) is 123 Å². The number of aliphatic hydroxyl groups is 1. The van der Waals surface area contributed by atoms with E-state index in [-0.39, 0.29) is 43.2 Å². The first-order valence-corrected chi connectivity index (χ1v) is 20.5. The topological polar surface area (TPSA) is 435 Å². The second-order valence-electron chi connectivity index (χ2n) is 15.7. The van der Waals surface area contributed by atoms with Gasteiger partial charge in [0.1, 0.15) is 36.3 Å². The molecule has 0 saturated carbocycles. The molecule has 0 aliphatic carbocycles. The number of aromatic hydroxyl groups is 1. The molecule has 358 valence electrons. The van der Waals surface area contributed by atoms with Gasteiger partial charge < -0.3 is 65.0 Å². The highest BCUT2D eigenvalue weighted by Gasteiger charge is 2.35. The number of nitro benzene ring substituents is 2. The van der Waals surface area contributed by atoms with Crippen LogP contribution in [-0.2, 0) is 40.0 Å². The zero-order chi connectivity index (χ0) is 49.0. The van der Waals surface area contributed by atoms with E-state index < -0.39 is 136 Å². The van der Waals surface area contributed by atoms with E-state index in [1.807, 2.05) is 0 Å². The van der Waals surface area contributed by atoms with Crippen molar-refractivity contribution in [2.45, 2.75) is 116 Å². The summed E-state index contributed by atoms with van der Waals surface area (Å²) < 4.78 is 0. The smallest absolute Gasteiger partial charge is 0.318 e. The normalized spacial score (nSPS) is 14.8. The third-order valence-electron chi connectivity index (χ3n) is 10.1. The number of phenolic OH excluding ortho intramolecular Hbond substituents is 1. The van der Waals surface area contributed by atoms with Crippen LogP contribution in [0, 0.1) is 38.0 Å². The van der Waals surface area contributed by atoms with Crippen LogP contribution >= 0.6 is 0 Å². The third kappa shape index (κ3) is 18.0. The minimum Gasteiger partial charge on any atom is -0.497 e. The lowest BCUT2D eigenvalue weighted by molar-refractivity contribution is -0.396. The Labute approximate surface area is 369 Å². The van der Waals surface area contributed by atoms with Gasteiger partial charge in [-0.15, -0.1) is 0 Å². The molecule has 8 atom stereocenters. The fraction of sp³-hybridized carbons (Fsp3) is 0.632. The van der Waals surface area contributed by atoms with Crippen LogP contribution in [0.4, 0.5) is 11.4 Å². The second-order valence-corrected chi connectivity index (χ2v) is 15.7. The molecule has 0 bridgehead atoms. The van der Waals surface area contributed by atoms with Crippen molar-refractivity contribution < 1.29 is 53.6 Å². The number of hydrogen-bond donors (Lipinski definition) is 12. The second kappa shape index (κ2) is 26.7. The van der Waals surface area contributed by atoms with E-state index in [9.17, 15) is 64.0 Å². The van der Waals surface area contributed by atoms with E-state index in [0.29, 0.717) is 12.8 Å². The summed E-state index contributed by atoms with van der Waals surface area (Å²) in [6.07, 6.45) is 0.112. The molecule has 0 heterocycles. The Kier molecular flexibility index (Phi) is 23.1. The van der Waals surface area contributed by atoms with Gasteiger partial charge in [-0.05, 0) is 42.6 Å². The molecule has 1 rings (SSSR count). The quantitative estimate of drug-likeness (QED) is 0.0134. The van der Waals surface area contributed by atoms with Gasteiger partial charge in [-0.2, -0.15) is 0 Å². The van der Waals surface area contributed by atoms with Crippen molar-refractivity contribution in [1.29, 1.82) is 0 Å². The number of rotatable bonds is 28. The van der Waals surface area contributed by atoms with E-state index in [2.05, 4.69) is 36.9 Å². The van der Waals surface area contributed by atoms with Gasteiger partial charge in [0.05, 0.1) is 23.0 Å². The number of nitrogens with one attached hydrogen (secondary N) is 6. The van der Waals surface area contributed by atoms with Gasteiger partial charge in [0.2, 0.25) is 41.4 Å². The summed E-state index contributed by atoms with van der Waals surface area (Å²) in [6, 6.07) is -6.63. The number of amides is 7. The number of primary amides is 1. The summed E-state index contributed by atoms with van der Waals surface area (Å²) >= 11 is 0. The first-order chi connectivity index (χ1) is 29.9. The van der Waals surface area contributed by atoms with Gasteiger partial charge in [0.25, 0.3) is 5.75 Å². The molecule has 26 nitrogen and oxygen atoms in total. The van der Waals surface area contributed by atoms with Crippen molar-refractivity contribution in [3.8, 4) is 5.75 Å². The Morgan fingerprint density at radius 3 is 1.72 bits per heavy atom. The minimum absolute atomic E-state index is 0.0286. The Bertz CT molecular complexity index is 1840. The number of carbonyl (C=O) groups is 7. The Balaban J connectivity index is 3.51. The molecule has 0 aromatic heterocycles. The number of nitro groups is 2. The molecule has 0 aliphatic heterocycles. The Morgan fingerprint density at radius 2 is 1.23 bits per heavy atom. The van der Waals surface area contributed by atoms with Crippen LogP contribution in [0.25, 0.3) is 0 Å². The van der Waals surface area contributed by atoms with Crippen LogP contribution in [0.15, 0.2) is 17.1 Å². The van der Waals surface area contributed by atoms with E-state index in [4.69, 9.17) is 22.9 Å². The molecule has 0 spiro atoms. The maximum atomic E-state index is 14.0. The number of phenols is 1. The number of aliphatic hydroxyl groups excluding tert-OH is 1. The molecule has 16 N–H and O–H groups in total. The number of carbonyl (C=O) groups excluding carboxylic acids is 7. The largest absolute Gasteiger partial charge is 0.497 e. The molecule has 0 radical (unpaired) electrons. The summed E-state index contributed by atoms with van der Waals surface area (Å²) in [7, 11) is 0. The predicted molar refractivity (Wildman–Crippen MR) is 230 cm³/mol. The first-order valence-electron chi connectivity index (χ1n) is 20.5. The number of benzene rings is 1. The number of aliphatic imine (C=N–C) groups is 1. The van der Waals surface area contributed by atoms with Crippen molar-refractivity contribution in [3.05, 3.63) is 37.9 Å². The zero-order valence-corrected chi connectivity index (χ0v) is 36.8. The Hall–Kier alpha value is -6.70. The summed E-state index contributed by atoms with van der Waals surface area (Å²) in [5, 5.41) is 57.6. The van der Waals surface area contributed by atoms with E-state index in [1.165, 1.54) is 0 Å². The molecule has 26 heteroatoms. The monoisotopic (exact) mass is 909 g/mol. The van der Waals surface area contributed by atoms with Gasteiger partial charge in [-0.1, -0.05) is 54.4 Å². The van der Waals surface area contributed by atoms with Gasteiger partial charge >= 0.3 is 11.4 Å². The highest BCUT2D eigenvalue weighted by Crippen LogP contribution is 2.37. The number of hydrogen-bond acceptors (Lipinski definition) is 15. The van der Waals surface area contributed by atoms with E-state index in [1.54, 1.807) is 41.5 Å². The molecule has 0 saturated heterocycles. The summed E-state index contributed by atoms with van der Waals surface area (Å²) in [4.78, 5) is 118. The number of guanidine groups is 1. The van der Waals surface area contributed by atoms with Crippen LogP contribution in [0.2, 0.25) is 0 Å². The van der Waals surface area contributed by atoms with Crippen LogP contribution in [0.5, 0.6) is 5.75 Å². The average Bonchev–Trinajstić information content (AvgIpc) is 3.22. The summed E-state index contributed by atoms with van der Waals surface area (Å²) in [5.74, 6) is -8.89. The first kappa shape index (κ1) is 55.3. The lowest BCUT2D eigenvalue weighted by atomic mass is 9.96. The maximum Gasteiger partial charge on any atom is 0.318 e. The molecule has 64 heavy (non-hydrogen) atoms. The highest BCUT2D eigenvalue weighted by molar-refractivity contribution is 5.96. The fourth-order valence-electron chi connectivity index (χ4n) is 6.07. The third-order valence-corrected chi connectivity index (χ3v) is 10.1. The maximum absolute atomic E-state index is 14.0. The van der Waals surface area contributed by atoms with Gasteiger partial charge in [-0.3, -0.25) is 58.8 Å². The molecule has 1 aromatic carbocycles. The van der Waals surface area contributed by atoms with Gasteiger partial charge in [0.15, 0.2) is 5.96 Å². The van der Waals surface area contributed by atoms with Gasteiger partial charge in [0, 0.05) is 25.1 Å². The number of nitrogens with zero attached hydrogens (tertiary/aromatic N) is 3. The highest BCUT2D eigenvalue weighted by atomic mass is 16.6. The van der Waals surface area contributed by atoms with E-state index in [0.717, 1.165) is 12.1 Å². The van der Waals surface area contributed by atoms with Crippen molar-refractivity contribution in [2.75, 3.05) is 19.7 Å². The lowest BCUT2D eigenvalue weighted by Gasteiger charge is -2.28. The fourth-order valence-corrected chi connectivity index (χ4v) is 6.07.